The van der Waals surface area contributed by atoms with Crippen molar-refractivity contribution < 1.29 is 9.47 Å². The molecule has 0 bridgehead atoms. The van der Waals surface area contributed by atoms with Crippen molar-refractivity contribution in [3.05, 3.63) is 47.5 Å². The minimum absolute atomic E-state index is 0.810. The van der Waals surface area contributed by atoms with Gasteiger partial charge in [-0.2, -0.15) is 0 Å². The Kier molecular flexibility index (Phi) is 6.38. The number of hydrogen-bond donors (Lipinski definition) is 0. The van der Waals surface area contributed by atoms with E-state index in [-0.39, 0.29) is 0 Å². The molecule has 2 heteroatoms. The average molecular weight is 338 g/mol. The highest BCUT2D eigenvalue weighted by Gasteiger charge is 2.19. The van der Waals surface area contributed by atoms with Crippen LogP contribution in [0.15, 0.2) is 36.4 Å². The van der Waals surface area contributed by atoms with E-state index < -0.39 is 0 Å². The molecule has 0 heterocycles. The first kappa shape index (κ1) is 17.8. The van der Waals surface area contributed by atoms with Gasteiger partial charge in [-0.25, -0.2) is 0 Å². The van der Waals surface area contributed by atoms with Gasteiger partial charge in [-0.1, -0.05) is 51.3 Å². The highest BCUT2D eigenvalue weighted by molar-refractivity contribution is 5.76. The van der Waals surface area contributed by atoms with Gasteiger partial charge >= 0.3 is 0 Å². The summed E-state index contributed by atoms with van der Waals surface area (Å²) in [6, 6.07) is 13.0. The first-order chi connectivity index (χ1) is 12.3. The van der Waals surface area contributed by atoms with Gasteiger partial charge < -0.3 is 9.47 Å². The highest BCUT2D eigenvalue weighted by Crippen LogP contribution is 2.39. The van der Waals surface area contributed by atoms with Gasteiger partial charge in [0.05, 0.1) is 13.2 Å². The Morgan fingerprint density at radius 2 is 1.64 bits per heavy atom. The topological polar surface area (TPSA) is 18.5 Å². The van der Waals surface area contributed by atoms with E-state index in [1.807, 2.05) is 0 Å². The molecule has 1 aliphatic carbocycles. The minimum atomic E-state index is 0.810. The van der Waals surface area contributed by atoms with Crippen LogP contribution in [-0.4, -0.2) is 13.2 Å². The molecule has 0 saturated heterocycles. The maximum Gasteiger partial charge on any atom is 0.123 e. The molecule has 134 valence electrons. The Morgan fingerprint density at radius 3 is 2.48 bits per heavy atom. The normalized spacial score (nSPS) is 12.4. The van der Waals surface area contributed by atoms with Gasteiger partial charge in [0.15, 0.2) is 0 Å². The number of aryl methyl sites for hydroxylation is 1. The van der Waals surface area contributed by atoms with Gasteiger partial charge in [-0.05, 0) is 60.6 Å². The molecule has 0 aromatic heterocycles. The molecule has 0 radical (unpaired) electrons. The molecular formula is C23H30O2. The fourth-order valence-corrected chi connectivity index (χ4v) is 3.47. The summed E-state index contributed by atoms with van der Waals surface area (Å²) < 4.78 is 12.0. The van der Waals surface area contributed by atoms with Crippen molar-refractivity contribution in [3.8, 4) is 22.6 Å². The van der Waals surface area contributed by atoms with Crippen LogP contribution in [0, 0.1) is 0 Å². The van der Waals surface area contributed by atoms with E-state index in [0.29, 0.717) is 0 Å². The maximum absolute atomic E-state index is 6.03. The Hall–Kier alpha value is -1.96. The SMILES string of the molecule is CCCCCOc1ccc2c(c1)CCc1c(OCCCC)cccc1-2. The van der Waals surface area contributed by atoms with E-state index in [4.69, 9.17) is 9.47 Å². The molecule has 0 N–H and O–H groups in total. The number of hydrogen-bond acceptors (Lipinski definition) is 2. The molecule has 1 aliphatic rings. The smallest absolute Gasteiger partial charge is 0.123 e. The van der Waals surface area contributed by atoms with Crippen molar-refractivity contribution in [2.24, 2.45) is 0 Å². The summed E-state index contributed by atoms with van der Waals surface area (Å²) in [5.74, 6) is 2.07. The van der Waals surface area contributed by atoms with Gasteiger partial charge in [0.2, 0.25) is 0 Å². The predicted molar refractivity (Wildman–Crippen MR) is 105 cm³/mol. The van der Waals surface area contributed by atoms with E-state index in [2.05, 4.69) is 50.2 Å². The van der Waals surface area contributed by atoms with Crippen molar-refractivity contribution in [3.63, 3.8) is 0 Å². The van der Waals surface area contributed by atoms with Gasteiger partial charge in [-0.15, -0.1) is 0 Å². The summed E-state index contributed by atoms with van der Waals surface area (Å²) >= 11 is 0. The van der Waals surface area contributed by atoms with Crippen molar-refractivity contribution in [1.82, 2.24) is 0 Å². The van der Waals surface area contributed by atoms with Gasteiger partial charge in [0.1, 0.15) is 11.5 Å². The lowest BCUT2D eigenvalue weighted by molar-refractivity contribution is 0.305. The predicted octanol–water partition coefficient (Wildman–Crippen LogP) is 6.20. The van der Waals surface area contributed by atoms with Crippen LogP contribution in [-0.2, 0) is 12.8 Å². The molecule has 2 aromatic rings. The van der Waals surface area contributed by atoms with Crippen molar-refractivity contribution in [2.45, 2.75) is 58.8 Å². The van der Waals surface area contributed by atoms with E-state index >= 15 is 0 Å². The molecule has 0 atom stereocenters. The molecule has 2 aromatic carbocycles. The Bertz CT molecular complexity index is 690. The number of rotatable bonds is 9. The summed E-state index contributed by atoms with van der Waals surface area (Å²) in [5, 5.41) is 0. The van der Waals surface area contributed by atoms with Crippen LogP contribution in [0.3, 0.4) is 0 Å². The molecule has 0 amide bonds. The van der Waals surface area contributed by atoms with E-state index in [1.54, 1.807) is 0 Å². The molecule has 3 rings (SSSR count). The lowest BCUT2D eigenvalue weighted by atomic mass is 9.85. The second kappa shape index (κ2) is 8.94. The number of ether oxygens (including phenoxy) is 2. The largest absolute Gasteiger partial charge is 0.494 e. The van der Waals surface area contributed by atoms with Crippen LogP contribution in [0.4, 0.5) is 0 Å². The molecule has 0 saturated carbocycles. The van der Waals surface area contributed by atoms with Crippen molar-refractivity contribution in [2.75, 3.05) is 13.2 Å². The Morgan fingerprint density at radius 1 is 0.800 bits per heavy atom. The number of benzene rings is 2. The average Bonchev–Trinajstić information content (AvgIpc) is 2.65. The van der Waals surface area contributed by atoms with E-state index in [9.17, 15) is 0 Å². The second-order valence-corrected chi connectivity index (χ2v) is 6.86. The molecule has 25 heavy (non-hydrogen) atoms. The fourth-order valence-electron chi connectivity index (χ4n) is 3.47. The molecular weight excluding hydrogens is 308 g/mol. The summed E-state index contributed by atoms with van der Waals surface area (Å²) in [5.41, 5.74) is 5.42. The van der Waals surface area contributed by atoms with Crippen LogP contribution >= 0.6 is 0 Å². The summed E-state index contributed by atoms with van der Waals surface area (Å²) in [7, 11) is 0. The Labute approximate surface area is 152 Å². The number of unbranched alkanes of at least 4 members (excludes halogenated alkanes) is 3. The first-order valence-electron chi connectivity index (χ1n) is 9.84. The molecule has 0 unspecified atom stereocenters. The maximum atomic E-state index is 6.03. The van der Waals surface area contributed by atoms with Gasteiger partial charge in [-0.3, -0.25) is 0 Å². The molecule has 0 spiro atoms. The highest BCUT2D eigenvalue weighted by atomic mass is 16.5. The third-order valence-corrected chi connectivity index (χ3v) is 4.92. The van der Waals surface area contributed by atoms with Crippen LogP contribution in [0.25, 0.3) is 11.1 Å². The second-order valence-electron chi connectivity index (χ2n) is 6.86. The van der Waals surface area contributed by atoms with Gasteiger partial charge in [0, 0.05) is 5.56 Å². The Balaban J connectivity index is 1.76. The molecule has 0 fully saturated rings. The minimum Gasteiger partial charge on any atom is -0.494 e. The molecule has 2 nitrogen and oxygen atoms in total. The lowest BCUT2D eigenvalue weighted by Gasteiger charge is -2.23. The lowest BCUT2D eigenvalue weighted by Crippen LogP contribution is -2.08. The fraction of sp³-hybridized carbons (Fsp3) is 0.478. The summed E-state index contributed by atoms with van der Waals surface area (Å²) in [6.07, 6.45) is 7.98. The zero-order valence-electron chi connectivity index (χ0n) is 15.6. The zero-order chi connectivity index (χ0) is 17.5. The van der Waals surface area contributed by atoms with Crippen LogP contribution in [0.5, 0.6) is 11.5 Å². The van der Waals surface area contributed by atoms with Crippen molar-refractivity contribution in [1.29, 1.82) is 0 Å². The first-order valence-corrected chi connectivity index (χ1v) is 9.84. The summed E-state index contributed by atoms with van der Waals surface area (Å²) in [4.78, 5) is 0. The monoisotopic (exact) mass is 338 g/mol. The molecule has 0 aliphatic heterocycles. The van der Waals surface area contributed by atoms with E-state index in [1.165, 1.54) is 41.5 Å². The third-order valence-electron chi connectivity index (χ3n) is 4.92. The van der Waals surface area contributed by atoms with Gasteiger partial charge in [0.25, 0.3) is 0 Å². The zero-order valence-corrected chi connectivity index (χ0v) is 15.6. The van der Waals surface area contributed by atoms with E-state index in [0.717, 1.165) is 50.4 Å². The van der Waals surface area contributed by atoms with Crippen LogP contribution in [0.1, 0.15) is 57.1 Å². The number of fused-ring (bicyclic) bond motifs is 3. The van der Waals surface area contributed by atoms with Crippen LogP contribution in [0.2, 0.25) is 0 Å². The third kappa shape index (κ3) is 4.36. The van der Waals surface area contributed by atoms with Crippen LogP contribution < -0.4 is 9.47 Å². The standard InChI is InChI=1S/C23H30O2/c1-3-5-7-16-24-19-12-14-20-18(17-19)11-13-22-21(20)9-8-10-23(22)25-15-6-4-2/h8-10,12,14,17H,3-7,11,13,15-16H2,1-2H3. The van der Waals surface area contributed by atoms with Crippen molar-refractivity contribution >= 4 is 0 Å². The summed E-state index contributed by atoms with van der Waals surface area (Å²) in [6.45, 7) is 6.04. The quantitative estimate of drug-likeness (QED) is 0.507.